The van der Waals surface area contributed by atoms with Gasteiger partial charge in [-0.05, 0) is 73.6 Å². The quantitative estimate of drug-likeness (QED) is 0.375. The number of rotatable bonds is 7. The number of H-pyrrole nitrogens is 1. The highest BCUT2D eigenvalue weighted by Gasteiger charge is 2.36. The minimum atomic E-state index is 0.0896. The molecule has 3 unspecified atom stereocenters. The normalized spacial score (nSPS) is 22.8. The molecule has 0 spiro atoms. The maximum atomic E-state index is 12.1. The highest BCUT2D eigenvalue weighted by atomic mass is 16.5. The molecule has 0 bridgehead atoms. The van der Waals surface area contributed by atoms with E-state index in [4.69, 9.17) is 9.47 Å². The second kappa shape index (κ2) is 10.4. The Bertz CT molecular complexity index is 1370. The Morgan fingerprint density at radius 2 is 1.95 bits per heavy atom. The Hall–Kier alpha value is -3.65. The molecule has 1 amide bonds. The first-order chi connectivity index (χ1) is 18.2. The Morgan fingerprint density at radius 1 is 1.08 bits per heavy atom. The van der Waals surface area contributed by atoms with Gasteiger partial charge in [-0.1, -0.05) is 0 Å². The summed E-state index contributed by atoms with van der Waals surface area (Å²) in [6.07, 6.45) is 10.9. The van der Waals surface area contributed by atoms with E-state index in [0.717, 1.165) is 79.8 Å². The van der Waals surface area contributed by atoms with Gasteiger partial charge in [-0.25, -0.2) is 4.98 Å². The number of piperidine rings is 2. The Kier molecular flexibility index (Phi) is 6.66. The average molecular weight is 500 g/mol. The molecular formula is C29H33N5O3. The first-order valence-electron chi connectivity index (χ1n) is 13.2. The molecule has 5 heterocycles. The molecule has 8 heteroatoms. The van der Waals surface area contributed by atoms with Crippen molar-refractivity contribution in [2.24, 2.45) is 5.92 Å². The van der Waals surface area contributed by atoms with Crippen LogP contribution in [0.4, 0.5) is 0 Å². The predicted octanol–water partition coefficient (Wildman–Crippen LogP) is 4.57. The fraction of sp³-hybridized carbons (Fsp3) is 0.414. The van der Waals surface area contributed by atoms with Crippen LogP contribution < -0.4 is 9.47 Å². The fourth-order valence-electron chi connectivity index (χ4n) is 6.14. The SMILES string of the molecule is COc1ccc(OCC2CCCN(C3CC(c4ccnc5cnc6[nH]ccc6c45)CCN3C=O)C2)cc1. The number of carbonyl (C=O) groups is 1. The number of amides is 1. The van der Waals surface area contributed by atoms with Crippen molar-refractivity contribution in [3.8, 4) is 11.5 Å². The van der Waals surface area contributed by atoms with Crippen LogP contribution in [0.3, 0.4) is 0 Å². The van der Waals surface area contributed by atoms with E-state index in [0.29, 0.717) is 18.4 Å². The number of hydrogen-bond acceptors (Lipinski definition) is 6. The summed E-state index contributed by atoms with van der Waals surface area (Å²) in [5.74, 6) is 2.47. The second-order valence-corrected chi connectivity index (χ2v) is 10.2. The van der Waals surface area contributed by atoms with Crippen LogP contribution in [0.2, 0.25) is 0 Å². The number of carbonyl (C=O) groups excluding carboxylic acids is 1. The average Bonchev–Trinajstić information content (AvgIpc) is 3.45. The summed E-state index contributed by atoms with van der Waals surface area (Å²) in [7, 11) is 1.67. The van der Waals surface area contributed by atoms with E-state index >= 15 is 0 Å². The number of ether oxygens (including phenoxy) is 2. The van der Waals surface area contributed by atoms with Crippen LogP contribution in [0.1, 0.15) is 37.2 Å². The number of fused-ring (bicyclic) bond motifs is 3. The van der Waals surface area contributed by atoms with Gasteiger partial charge >= 0.3 is 0 Å². The molecule has 3 aromatic heterocycles. The molecule has 8 nitrogen and oxygen atoms in total. The van der Waals surface area contributed by atoms with E-state index in [1.807, 2.05) is 47.8 Å². The second-order valence-electron chi connectivity index (χ2n) is 10.2. The number of nitrogens with zero attached hydrogens (tertiary/aromatic N) is 4. The molecule has 2 fully saturated rings. The summed E-state index contributed by atoms with van der Waals surface area (Å²) in [6.45, 7) is 3.37. The first kappa shape index (κ1) is 23.7. The van der Waals surface area contributed by atoms with Crippen molar-refractivity contribution in [2.45, 2.75) is 37.8 Å². The van der Waals surface area contributed by atoms with Gasteiger partial charge in [0.25, 0.3) is 0 Å². The van der Waals surface area contributed by atoms with E-state index in [1.54, 1.807) is 7.11 Å². The van der Waals surface area contributed by atoms with Gasteiger partial charge in [0.15, 0.2) is 0 Å². The molecule has 0 radical (unpaired) electrons. The number of aromatic nitrogens is 3. The topological polar surface area (TPSA) is 83.6 Å². The molecule has 37 heavy (non-hydrogen) atoms. The lowest BCUT2D eigenvalue weighted by Gasteiger charge is -2.46. The van der Waals surface area contributed by atoms with E-state index in [-0.39, 0.29) is 6.17 Å². The van der Waals surface area contributed by atoms with Crippen LogP contribution in [0.5, 0.6) is 11.5 Å². The van der Waals surface area contributed by atoms with Crippen LogP contribution >= 0.6 is 0 Å². The van der Waals surface area contributed by atoms with Crippen molar-refractivity contribution in [3.63, 3.8) is 0 Å². The maximum Gasteiger partial charge on any atom is 0.210 e. The van der Waals surface area contributed by atoms with Gasteiger partial charge in [0.05, 0.1) is 31.6 Å². The summed E-state index contributed by atoms with van der Waals surface area (Å²) >= 11 is 0. The number of benzene rings is 1. The Balaban J connectivity index is 1.19. The van der Waals surface area contributed by atoms with Gasteiger partial charge < -0.3 is 19.4 Å². The number of aromatic amines is 1. The Morgan fingerprint density at radius 3 is 2.78 bits per heavy atom. The van der Waals surface area contributed by atoms with Crippen molar-refractivity contribution >= 4 is 28.3 Å². The third-order valence-electron chi connectivity index (χ3n) is 8.03. The van der Waals surface area contributed by atoms with Crippen LogP contribution in [0.15, 0.2) is 55.0 Å². The van der Waals surface area contributed by atoms with Gasteiger partial charge in [-0.3, -0.25) is 14.7 Å². The van der Waals surface area contributed by atoms with Crippen molar-refractivity contribution in [2.75, 3.05) is 33.4 Å². The van der Waals surface area contributed by atoms with Crippen LogP contribution in [0.25, 0.3) is 21.9 Å². The lowest BCUT2D eigenvalue weighted by molar-refractivity contribution is -0.128. The van der Waals surface area contributed by atoms with Gasteiger partial charge in [0, 0.05) is 48.7 Å². The third-order valence-corrected chi connectivity index (χ3v) is 8.03. The zero-order chi connectivity index (χ0) is 25.2. The number of likely N-dealkylation sites (tertiary alicyclic amines) is 2. The largest absolute Gasteiger partial charge is 0.497 e. The lowest BCUT2D eigenvalue weighted by atomic mass is 9.84. The first-order valence-corrected chi connectivity index (χ1v) is 13.2. The summed E-state index contributed by atoms with van der Waals surface area (Å²) in [4.78, 5) is 29.0. The van der Waals surface area contributed by atoms with Crippen LogP contribution in [-0.2, 0) is 4.79 Å². The van der Waals surface area contributed by atoms with Gasteiger partial charge in [-0.15, -0.1) is 0 Å². The fourth-order valence-corrected chi connectivity index (χ4v) is 6.14. The number of hydrogen-bond donors (Lipinski definition) is 1. The molecule has 0 saturated carbocycles. The molecular weight excluding hydrogens is 466 g/mol. The summed E-state index contributed by atoms with van der Waals surface area (Å²) in [6, 6.07) is 12.0. The zero-order valence-corrected chi connectivity index (χ0v) is 21.2. The maximum absolute atomic E-state index is 12.1. The number of methoxy groups -OCH3 is 1. The number of pyridine rings is 2. The molecule has 192 valence electrons. The summed E-state index contributed by atoms with van der Waals surface area (Å²) in [5.41, 5.74) is 3.12. The van der Waals surface area contributed by atoms with Gasteiger partial charge in [0.2, 0.25) is 6.41 Å². The molecule has 6 rings (SSSR count). The monoisotopic (exact) mass is 499 g/mol. The van der Waals surface area contributed by atoms with Gasteiger partial charge in [0.1, 0.15) is 17.1 Å². The highest BCUT2D eigenvalue weighted by molar-refractivity contribution is 6.05. The molecule has 0 aliphatic carbocycles. The molecule has 3 atom stereocenters. The lowest BCUT2D eigenvalue weighted by Crippen LogP contribution is -2.55. The molecule has 2 saturated heterocycles. The van der Waals surface area contributed by atoms with Crippen molar-refractivity contribution in [3.05, 3.63) is 60.6 Å². The van der Waals surface area contributed by atoms with E-state index in [9.17, 15) is 4.79 Å². The molecule has 1 N–H and O–H groups in total. The highest BCUT2D eigenvalue weighted by Crippen LogP contribution is 2.38. The Labute approximate surface area is 216 Å². The van der Waals surface area contributed by atoms with Crippen LogP contribution in [-0.4, -0.2) is 70.7 Å². The molecule has 2 aliphatic rings. The standard InChI is InChI=1S/C29H33N5O3/c1-36-22-4-6-23(7-5-22)37-18-20-3-2-13-33(17-20)27-15-21(10-14-34(27)19-35)24-8-11-30-26-16-32-29-25(28(24)26)9-12-31-29/h4-9,11-12,16,19-21,27H,2-3,10,13-15,17-18H2,1H3,(H,31,32). The van der Waals surface area contributed by atoms with Crippen molar-refractivity contribution in [1.29, 1.82) is 0 Å². The van der Waals surface area contributed by atoms with E-state index in [1.165, 1.54) is 10.9 Å². The number of nitrogens with one attached hydrogen (secondary N) is 1. The van der Waals surface area contributed by atoms with Crippen LogP contribution in [0, 0.1) is 5.92 Å². The molecule has 2 aliphatic heterocycles. The smallest absolute Gasteiger partial charge is 0.210 e. The van der Waals surface area contributed by atoms with E-state index < -0.39 is 0 Å². The molecule has 1 aromatic carbocycles. The third kappa shape index (κ3) is 4.73. The summed E-state index contributed by atoms with van der Waals surface area (Å²) < 4.78 is 11.4. The van der Waals surface area contributed by atoms with Crippen molar-refractivity contribution < 1.29 is 14.3 Å². The summed E-state index contributed by atoms with van der Waals surface area (Å²) in [5, 5.41) is 2.30. The van der Waals surface area contributed by atoms with Crippen molar-refractivity contribution in [1.82, 2.24) is 24.8 Å². The minimum Gasteiger partial charge on any atom is -0.497 e. The van der Waals surface area contributed by atoms with E-state index in [2.05, 4.69) is 32.0 Å². The predicted molar refractivity (Wildman–Crippen MR) is 143 cm³/mol. The minimum absolute atomic E-state index is 0.0896. The van der Waals surface area contributed by atoms with Gasteiger partial charge in [-0.2, -0.15) is 0 Å². The zero-order valence-electron chi connectivity index (χ0n) is 21.2. The molecule has 4 aromatic rings.